The molecular weight excluding hydrogens is 554 g/mol. The van der Waals surface area contributed by atoms with E-state index in [4.69, 9.17) is 13.7 Å². The molecule has 13 heteroatoms. The average Bonchev–Trinajstić information content (AvgIpc) is 3.34. The van der Waals surface area contributed by atoms with Crippen molar-refractivity contribution in [3.05, 3.63) is 71.5 Å². The van der Waals surface area contributed by atoms with Gasteiger partial charge in [-0.15, -0.1) is 0 Å². The number of aryl methyl sites for hydroxylation is 1. The van der Waals surface area contributed by atoms with Crippen molar-refractivity contribution in [3.63, 3.8) is 0 Å². The molecule has 4 rings (SSSR count). The fourth-order valence-electron chi connectivity index (χ4n) is 4.28. The number of halogens is 2. The quantitative estimate of drug-likeness (QED) is 0.263. The van der Waals surface area contributed by atoms with E-state index in [0.29, 0.717) is 47.2 Å². The van der Waals surface area contributed by atoms with Crippen LogP contribution in [0.1, 0.15) is 32.1 Å². The Labute approximate surface area is 225 Å². The molecule has 0 atom stereocenters. The smallest absolute Gasteiger partial charge is 0.374 e. The first-order valence-electron chi connectivity index (χ1n) is 12.2. The standard InChI is InChI=1S/C26H28F2N2O7S2/c1-3-18(14-25-29(10-4-12-38(2,31)32)21-16-19(27)6-8-23(21)36-25)15-26-30(11-5-13-39(33,34)35)22-17-20(28)7-9-24(22)37-26/h6-9,14-17H,3-5,10-13H2,1-2H3/p+1. The van der Waals surface area contributed by atoms with Gasteiger partial charge in [-0.3, -0.25) is 4.55 Å². The zero-order valence-electron chi connectivity index (χ0n) is 21.4. The maximum absolute atomic E-state index is 14.0. The highest BCUT2D eigenvalue weighted by Crippen LogP contribution is 2.40. The van der Waals surface area contributed by atoms with Crippen LogP contribution in [-0.4, -0.2) is 45.7 Å². The molecule has 0 saturated carbocycles. The van der Waals surface area contributed by atoms with Crippen molar-refractivity contribution in [2.75, 3.05) is 29.2 Å². The van der Waals surface area contributed by atoms with Gasteiger partial charge in [-0.25, -0.2) is 17.2 Å². The number of hydrogen-bond donors (Lipinski definition) is 1. The number of sulfone groups is 1. The Bertz CT molecular complexity index is 1660. The molecule has 0 aliphatic carbocycles. The van der Waals surface area contributed by atoms with Gasteiger partial charge in [0, 0.05) is 37.4 Å². The number of oxazole rings is 1. The van der Waals surface area contributed by atoms with Crippen LogP contribution in [0.2, 0.25) is 0 Å². The Balaban J connectivity index is 1.71. The summed E-state index contributed by atoms with van der Waals surface area (Å²) in [6.45, 7) is 2.30. The summed E-state index contributed by atoms with van der Waals surface area (Å²) in [5, 5.41) is 0. The molecule has 0 spiro atoms. The van der Waals surface area contributed by atoms with Crippen LogP contribution in [0.3, 0.4) is 0 Å². The molecule has 1 N–H and O–H groups in total. The number of anilines is 1. The second-order valence-corrected chi connectivity index (χ2v) is 13.1. The third-order valence-electron chi connectivity index (χ3n) is 6.09. The molecule has 0 fully saturated rings. The largest absolute Gasteiger partial charge is 0.439 e. The van der Waals surface area contributed by atoms with Gasteiger partial charge in [0.2, 0.25) is 11.5 Å². The first-order valence-corrected chi connectivity index (χ1v) is 15.9. The van der Waals surface area contributed by atoms with Gasteiger partial charge in [0.25, 0.3) is 15.6 Å². The van der Waals surface area contributed by atoms with E-state index in [1.165, 1.54) is 36.4 Å². The van der Waals surface area contributed by atoms with Crippen molar-refractivity contribution in [3.8, 4) is 5.75 Å². The zero-order valence-corrected chi connectivity index (χ0v) is 23.1. The van der Waals surface area contributed by atoms with Gasteiger partial charge in [-0.05, 0) is 42.7 Å². The van der Waals surface area contributed by atoms with Crippen molar-refractivity contribution in [1.29, 1.82) is 0 Å². The second-order valence-electron chi connectivity index (χ2n) is 9.25. The molecule has 2 heterocycles. The summed E-state index contributed by atoms with van der Waals surface area (Å²) in [5.74, 6) is -0.382. The van der Waals surface area contributed by atoms with Crippen molar-refractivity contribution in [1.82, 2.24) is 0 Å². The number of allylic oxidation sites excluding steroid dienone is 2. The number of fused-ring (bicyclic) bond motifs is 2. The fourth-order valence-corrected chi connectivity index (χ4v) is 5.42. The predicted octanol–water partition coefficient (Wildman–Crippen LogP) is 4.24. The zero-order chi connectivity index (χ0) is 28.4. The lowest BCUT2D eigenvalue weighted by Gasteiger charge is -2.18. The molecule has 39 heavy (non-hydrogen) atoms. The summed E-state index contributed by atoms with van der Waals surface area (Å²) < 4.78 is 96.6. The van der Waals surface area contributed by atoms with E-state index in [1.54, 1.807) is 21.6 Å². The van der Waals surface area contributed by atoms with Crippen LogP contribution in [-0.2, 0) is 26.5 Å². The molecular formula is C26H29F2N2O7S2+. The molecule has 1 aliphatic rings. The first kappa shape index (κ1) is 28.7. The molecule has 0 bridgehead atoms. The maximum atomic E-state index is 14.0. The Morgan fingerprint density at radius 2 is 1.77 bits per heavy atom. The topological polar surface area (TPSA) is 118 Å². The molecule has 9 nitrogen and oxygen atoms in total. The fraction of sp³-hybridized carbons (Fsp3) is 0.346. The lowest BCUT2D eigenvalue weighted by Crippen LogP contribution is -2.36. The number of benzene rings is 2. The van der Waals surface area contributed by atoms with E-state index in [0.717, 1.165) is 11.8 Å². The third-order valence-corrected chi connectivity index (χ3v) is 7.93. The molecule has 0 saturated heterocycles. The highest BCUT2D eigenvalue weighted by atomic mass is 32.2. The molecule has 1 aliphatic heterocycles. The van der Waals surface area contributed by atoms with Gasteiger partial charge in [0.05, 0.1) is 23.3 Å². The number of nitrogens with zero attached hydrogens (tertiary/aromatic N) is 2. The number of aromatic nitrogens is 1. The predicted molar refractivity (Wildman–Crippen MR) is 142 cm³/mol. The van der Waals surface area contributed by atoms with Gasteiger partial charge in [-0.2, -0.15) is 13.0 Å². The Morgan fingerprint density at radius 1 is 1.05 bits per heavy atom. The minimum Gasteiger partial charge on any atom is -0.439 e. The molecule has 0 unspecified atom stereocenters. The minimum absolute atomic E-state index is 0.0446. The van der Waals surface area contributed by atoms with E-state index < -0.39 is 37.3 Å². The molecule has 0 radical (unpaired) electrons. The highest BCUT2D eigenvalue weighted by Gasteiger charge is 2.28. The van der Waals surface area contributed by atoms with Crippen LogP contribution in [0.25, 0.3) is 17.2 Å². The molecule has 3 aromatic rings. The van der Waals surface area contributed by atoms with Crippen LogP contribution < -0.4 is 14.2 Å². The molecule has 210 valence electrons. The monoisotopic (exact) mass is 583 g/mol. The summed E-state index contributed by atoms with van der Waals surface area (Å²) in [4.78, 5) is 1.63. The lowest BCUT2D eigenvalue weighted by atomic mass is 10.1. The van der Waals surface area contributed by atoms with Gasteiger partial charge >= 0.3 is 5.89 Å². The van der Waals surface area contributed by atoms with Crippen LogP contribution >= 0.6 is 0 Å². The summed E-state index contributed by atoms with van der Waals surface area (Å²) in [6.07, 6.45) is 5.46. The second kappa shape index (κ2) is 11.4. The average molecular weight is 584 g/mol. The van der Waals surface area contributed by atoms with Gasteiger partial charge in [0.1, 0.15) is 21.5 Å². The van der Waals surface area contributed by atoms with Crippen molar-refractivity contribution < 1.29 is 43.9 Å². The maximum Gasteiger partial charge on any atom is 0.374 e. The van der Waals surface area contributed by atoms with E-state index in [1.807, 2.05) is 6.92 Å². The normalized spacial score (nSPS) is 15.3. The third kappa shape index (κ3) is 7.43. The van der Waals surface area contributed by atoms with E-state index in [2.05, 4.69) is 0 Å². The Kier molecular flexibility index (Phi) is 8.42. The SMILES string of the molecule is CCC(/C=C1\Oc2ccc(F)cc2N1CCCS(=O)(=O)O)=C\c1oc2ccc(F)cc2[n+]1CCCS(C)(=O)=O. The summed E-state index contributed by atoms with van der Waals surface area (Å²) in [7, 11) is -7.37. The molecule has 1 aromatic heterocycles. The number of rotatable bonds is 11. The molecule has 0 amide bonds. The van der Waals surface area contributed by atoms with Crippen LogP contribution in [0, 0.1) is 11.6 Å². The highest BCUT2D eigenvalue weighted by molar-refractivity contribution is 7.90. The summed E-state index contributed by atoms with van der Waals surface area (Å²) in [5.41, 5.74) is 2.04. The summed E-state index contributed by atoms with van der Waals surface area (Å²) >= 11 is 0. The van der Waals surface area contributed by atoms with Crippen LogP contribution in [0.15, 0.2) is 58.3 Å². The van der Waals surface area contributed by atoms with Gasteiger partial charge in [0.15, 0.2) is 12.3 Å². The minimum atomic E-state index is -4.18. The Morgan fingerprint density at radius 3 is 2.46 bits per heavy atom. The number of ether oxygens (including phenoxy) is 1. The number of hydrogen-bond acceptors (Lipinski definition) is 7. The lowest BCUT2D eigenvalue weighted by molar-refractivity contribution is -0.677. The first-order chi connectivity index (χ1) is 18.3. The van der Waals surface area contributed by atoms with Crippen LogP contribution in [0.5, 0.6) is 5.75 Å². The van der Waals surface area contributed by atoms with Crippen molar-refractivity contribution >= 4 is 42.8 Å². The van der Waals surface area contributed by atoms with E-state index in [9.17, 15) is 25.6 Å². The van der Waals surface area contributed by atoms with E-state index >= 15 is 0 Å². The van der Waals surface area contributed by atoms with Crippen molar-refractivity contribution in [2.24, 2.45) is 0 Å². The van der Waals surface area contributed by atoms with Crippen molar-refractivity contribution in [2.45, 2.75) is 32.7 Å². The van der Waals surface area contributed by atoms with Gasteiger partial charge in [-0.1, -0.05) is 6.92 Å². The Hall–Kier alpha value is -3.29. The molecule has 2 aromatic carbocycles. The van der Waals surface area contributed by atoms with E-state index in [-0.39, 0.29) is 25.3 Å². The summed E-state index contributed by atoms with van der Waals surface area (Å²) in [6, 6.07) is 8.10. The van der Waals surface area contributed by atoms with Crippen LogP contribution in [0.4, 0.5) is 14.5 Å². The van der Waals surface area contributed by atoms with Gasteiger partial charge < -0.3 is 14.1 Å².